The van der Waals surface area contributed by atoms with E-state index in [9.17, 15) is 10.1 Å². The minimum absolute atomic E-state index is 0.000252. The van der Waals surface area contributed by atoms with Crippen molar-refractivity contribution in [2.75, 3.05) is 0 Å². The van der Waals surface area contributed by atoms with E-state index in [2.05, 4.69) is 20.9 Å². The maximum Gasteiger partial charge on any atom is 0.331 e. The van der Waals surface area contributed by atoms with Crippen LogP contribution in [0.2, 0.25) is 5.02 Å². The first kappa shape index (κ1) is 19.1. The van der Waals surface area contributed by atoms with E-state index < -0.39 is 4.92 Å². The van der Waals surface area contributed by atoms with Crippen molar-refractivity contribution in [3.8, 4) is 17.4 Å². The van der Waals surface area contributed by atoms with Gasteiger partial charge in [-0.05, 0) is 52.2 Å². The van der Waals surface area contributed by atoms with Crippen LogP contribution in [0, 0.1) is 17.0 Å². The molecule has 1 aromatic heterocycles. The van der Waals surface area contributed by atoms with Gasteiger partial charge in [0.25, 0.3) is 0 Å². The summed E-state index contributed by atoms with van der Waals surface area (Å²) < 4.78 is 11.7. The summed E-state index contributed by atoms with van der Waals surface area (Å²) in [6, 6.07) is 14.6. The van der Waals surface area contributed by atoms with E-state index in [4.69, 9.17) is 21.1 Å². The van der Waals surface area contributed by atoms with Gasteiger partial charge in [-0.2, -0.15) is 0 Å². The highest BCUT2D eigenvalue weighted by molar-refractivity contribution is 9.10. The number of hydrogen-bond acceptors (Lipinski definition) is 5. The van der Waals surface area contributed by atoms with E-state index in [1.807, 2.05) is 37.3 Å². The van der Waals surface area contributed by atoms with E-state index in [0.29, 0.717) is 10.8 Å². The number of nitro groups is 1. The lowest BCUT2D eigenvalue weighted by Crippen LogP contribution is -2.01. The van der Waals surface area contributed by atoms with Crippen LogP contribution < -0.4 is 9.47 Å². The van der Waals surface area contributed by atoms with Crippen LogP contribution in [0.3, 0.4) is 0 Å². The molecule has 0 radical (unpaired) electrons. The molecule has 0 saturated heterocycles. The molecule has 2 aromatic carbocycles. The van der Waals surface area contributed by atoms with Crippen LogP contribution in [-0.4, -0.2) is 9.91 Å². The molecule has 138 valence electrons. The van der Waals surface area contributed by atoms with Gasteiger partial charge in [0.2, 0.25) is 11.6 Å². The molecule has 0 aliphatic rings. The third-order valence-corrected chi connectivity index (χ3v) is 4.49. The predicted molar refractivity (Wildman–Crippen MR) is 106 cm³/mol. The van der Waals surface area contributed by atoms with Crippen LogP contribution in [0.4, 0.5) is 5.69 Å². The zero-order valence-corrected chi connectivity index (χ0v) is 16.5. The van der Waals surface area contributed by atoms with Crippen LogP contribution in [0.15, 0.2) is 59.2 Å². The van der Waals surface area contributed by atoms with E-state index >= 15 is 0 Å². The van der Waals surface area contributed by atoms with E-state index in [-0.39, 0.29) is 28.4 Å². The summed E-state index contributed by atoms with van der Waals surface area (Å²) in [6.45, 7) is 2.11. The van der Waals surface area contributed by atoms with Gasteiger partial charge in [-0.1, -0.05) is 41.9 Å². The molecule has 27 heavy (non-hydrogen) atoms. The fourth-order valence-corrected chi connectivity index (χ4v) is 3.16. The Morgan fingerprint density at radius 3 is 2.63 bits per heavy atom. The summed E-state index contributed by atoms with van der Waals surface area (Å²) in [6.07, 6.45) is 1.11. The van der Waals surface area contributed by atoms with Crippen LogP contribution in [0.5, 0.6) is 17.4 Å². The Bertz CT molecular complexity index is 963. The molecule has 3 aromatic rings. The number of hydrogen-bond donors (Lipinski definition) is 0. The second kappa shape index (κ2) is 8.37. The van der Waals surface area contributed by atoms with Crippen molar-refractivity contribution in [3.63, 3.8) is 0 Å². The molecule has 3 rings (SSSR count). The molecule has 0 amide bonds. The first-order valence-corrected chi connectivity index (χ1v) is 9.06. The highest BCUT2D eigenvalue weighted by Crippen LogP contribution is 2.42. The maximum atomic E-state index is 11.4. The topological polar surface area (TPSA) is 74.5 Å². The molecule has 0 aliphatic heterocycles. The zero-order valence-electron chi connectivity index (χ0n) is 14.2. The van der Waals surface area contributed by atoms with Crippen molar-refractivity contribution in [1.82, 2.24) is 4.98 Å². The third-order valence-electron chi connectivity index (χ3n) is 3.57. The van der Waals surface area contributed by atoms with Crippen molar-refractivity contribution >= 4 is 33.2 Å². The van der Waals surface area contributed by atoms with Gasteiger partial charge in [0.1, 0.15) is 23.0 Å². The van der Waals surface area contributed by atoms with Crippen molar-refractivity contribution in [3.05, 3.63) is 85.5 Å². The molecule has 0 spiro atoms. The first-order valence-electron chi connectivity index (χ1n) is 7.88. The normalized spacial score (nSPS) is 10.5. The average molecular weight is 450 g/mol. The molecule has 0 N–H and O–H groups in total. The number of ether oxygens (including phenoxy) is 2. The predicted octanol–water partition coefficient (Wildman–Crippen LogP) is 6.09. The second-order valence-corrected chi connectivity index (χ2v) is 6.92. The van der Waals surface area contributed by atoms with Crippen LogP contribution in [-0.2, 0) is 6.61 Å². The Hall–Kier alpha value is -2.64. The third kappa shape index (κ3) is 4.75. The van der Waals surface area contributed by atoms with Crippen LogP contribution >= 0.6 is 27.5 Å². The summed E-state index contributed by atoms with van der Waals surface area (Å²) in [5.74, 6) is 0.571. The molecule has 0 fully saturated rings. The van der Waals surface area contributed by atoms with Crippen molar-refractivity contribution in [1.29, 1.82) is 0 Å². The smallest absolute Gasteiger partial charge is 0.331 e. The van der Waals surface area contributed by atoms with Gasteiger partial charge in [0.15, 0.2) is 0 Å². The standard InChI is InChI=1S/C19H14BrClN2O4/c1-12-7-14(21)9-15(8-12)27-18-16(23(24)25)10-22-19(17(18)20)26-11-13-5-3-2-4-6-13/h2-10H,11H2,1H3. The number of pyridine rings is 1. The molecule has 1 heterocycles. The SMILES string of the molecule is Cc1cc(Cl)cc(Oc2c([N+](=O)[O-])cnc(OCc3ccccc3)c2Br)c1. The summed E-state index contributed by atoms with van der Waals surface area (Å²) in [5, 5.41) is 11.9. The average Bonchev–Trinajstić information content (AvgIpc) is 2.62. The van der Waals surface area contributed by atoms with Gasteiger partial charge in [-0.3, -0.25) is 10.1 Å². The Morgan fingerprint density at radius 1 is 1.22 bits per heavy atom. The van der Waals surface area contributed by atoms with Crippen molar-refractivity contribution in [2.24, 2.45) is 0 Å². The molecular weight excluding hydrogens is 436 g/mol. The summed E-state index contributed by atoms with van der Waals surface area (Å²) >= 11 is 9.36. The Kier molecular flexibility index (Phi) is 5.93. The zero-order chi connectivity index (χ0) is 19.4. The molecule has 8 heteroatoms. The lowest BCUT2D eigenvalue weighted by atomic mass is 10.2. The van der Waals surface area contributed by atoms with Gasteiger partial charge in [-0.25, -0.2) is 4.98 Å². The van der Waals surface area contributed by atoms with E-state index in [0.717, 1.165) is 17.3 Å². The van der Waals surface area contributed by atoms with Crippen LogP contribution in [0.1, 0.15) is 11.1 Å². The molecule has 0 atom stereocenters. The number of rotatable bonds is 6. The molecule has 0 unspecified atom stereocenters. The maximum absolute atomic E-state index is 11.4. The fraction of sp³-hybridized carbons (Fsp3) is 0.105. The largest absolute Gasteiger partial charge is 0.472 e. The molecular formula is C19H14BrClN2O4. The van der Waals surface area contributed by atoms with Crippen molar-refractivity contribution < 1.29 is 14.4 Å². The van der Waals surface area contributed by atoms with Gasteiger partial charge < -0.3 is 9.47 Å². The number of nitrogens with zero attached hydrogens (tertiary/aromatic N) is 2. The lowest BCUT2D eigenvalue weighted by molar-refractivity contribution is -0.386. The Balaban J connectivity index is 1.93. The van der Waals surface area contributed by atoms with Gasteiger partial charge in [-0.15, -0.1) is 0 Å². The van der Waals surface area contributed by atoms with E-state index in [1.165, 1.54) is 0 Å². The Morgan fingerprint density at radius 2 is 1.96 bits per heavy atom. The fourth-order valence-electron chi connectivity index (χ4n) is 2.38. The van der Waals surface area contributed by atoms with Gasteiger partial charge >= 0.3 is 5.69 Å². The number of aryl methyl sites for hydroxylation is 1. The monoisotopic (exact) mass is 448 g/mol. The van der Waals surface area contributed by atoms with Crippen LogP contribution in [0.25, 0.3) is 0 Å². The number of benzene rings is 2. The second-order valence-electron chi connectivity index (χ2n) is 5.69. The molecule has 6 nitrogen and oxygen atoms in total. The minimum Gasteiger partial charge on any atom is -0.472 e. The van der Waals surface area contributed by atoms with Gasteiger partial charge in [0.05, 0.1) is 4.92 Å². The highest BCUT2D eigenvalue weighted by atomic mass is 79.9. The summed E-state index contributed by atoms with van der Waals surface area (Å²) in [7, 11) is 0. The lowest BCUT2D eigenvalue weighted by Gasteiger charge is -2.12. The molecule has 0 saturated carbocycles. The minimum atomic E-state index is -0.564. The molecule has 0 bridgehead atoms. The summed E-state index contributed by atoms with van der Waals surface area (Å²) in [5.41, 5.74) is 1.52. The number of halogens is 2. The highest BCUT2D eigenvalue weighted by Gasteiger charge is 2.24. The van der Waals surface area contributed by atoms with Gasteiger partial charge in [0, 0.05) is 5.02 Å². The van der Waals surface area contributed by atoms with Crippen molar-refractivity contribution in [2.45, 2.75) is 13.5 Å². The molecule has 0 aliphatic carbocycles. The number of aromatic nitrogens is 1. The first-order chi connectivity index (χ1) is 12.9. The van der Waals surface area contributed by atoms with E-state index in [1.54, 1.807) is 18.2 Å². The quantitative estimate of drug-likeness (QED) is 0.336. The summed E-state index contributed by atoms with van der Waals surface area (Å²) in [4.78, 5) is 14.9. The Labute approximate surface area is 169 Å².